The summed E-state index contributed by atoms with van der Waals surface area (Å²) in [4.78, 5) is 12.1. The average molecular weight is 280 g/mol. The molecule has 5 heteroatoms. The van der Waals surface area contributed by atoms with Crippen LogP contribution in [0, 0.1) is 6.92 Å². The Morgan fingerprint density at radius 1 is 1.47 bits per heavy atom. The molecule has 0 fully saturated rings. The van der Waals surface area contributed by atoms with Gasteiger partial charge in [-0.25, -0.2) is 0 Å². The second kappa shape index (κ2) is 5.80. The van der Waals surface area contributed by atoms with Crippen LogP contribution in [0.2, 0.25) is 5.02 Å². The summed E-state index contributed by atoms with van der Waals surface area (Å²) >= 11 is 6.02. The van der Waals surface area contributed by atoms with Crippen molar-refractivity contribution in [2.45, 2.75) is 13.5 Å². The number of halogens is 1. The van der Waals surface area contributed by atoms with E-state index in [9.17, 15) is 4.79 Å². The number of benzene rings is 1. The van der Waals surface area contributed by atoms with Gasteiger partial charge in [0.15, 0.2) is 0 Å². The molecule has 0 aliphatic rings. The summed E-state index contributed by atoms with van der Waals surface area (Å²) in [6.07, 6.45) is 1.57. The van der Waals surface area contributed by atoms with E-state index in [2.05, 4.69) is 5.32 Å². The standard InChI is InChI=1S/C14H14ClNO3/c1-9-6-13(18-2)12(15)7-11(9)14(17)16-8-10-4-3-5-19-10/h3-7H,8H2,1-2H3,(H,16,17). The molecule has 100 valence electrons. The molecule has 1 aromatic carbocycles. The fraction of sp³-hybridized carbons (Fsp3) is 0.214. The number of rotatable bonds is 4. The lowest BCUT2D eigenvalue weighted by molar-refractivity contribution is 0.0947. The predicted molar refractivity (Wildman–Crippen MR) is 72.6 cm³/mol. The molecule has 0 saturated heterocycles. The van der Waals surface area contributed by atoms with E-state index in [1.165, 1.54) is 7.11 Å². The number of hydrogen-bond acceptors (Lipinski definition) is 3. The van der Waals surface area contributed by atoms with Crippen molar-refractivity contribution in [1.29, 1.82) is 0 Å². The average Bonchev–Trinajstić information content (AvgIpc) is 2.91. The first-order valence-electron chi connectivity index (χ1n) is 5.76. The molecule has 0 bridgehead atoms. The summed E-state index contributed by atoms with van der Waals surface area (Å²) in [6.45, 7) is 2.18. The van der Waals surface area contributed by atoms with Crippen molar-refractivity contribution >= 4 is 17.5 Å². The van der Waals surface area contributed by atoms with Crippen LogP contribution in [0.15, 0.2) is 34.9 Å². The van der Waals surface area contributed by atoms with Gasteiger partial charge in [-0.1, -0.05) is 11.6 Å². The van der Waals surface area contributed by atoms with E-state index in [4.69, 9.17) is 20.8 Å². The van der Waals surface area contributed by atoms with Crippen LogP contribution in [0.25, 0.3) is 0 Å². The molecule has 2 rings (SSSR count). The minimum atomic E-state index is -0.196. The normalized spacial score (nSPS) is 10.3. The van der Waals surface area contributed by atoms with Crippen molar-refractivity contribution in [3.05, 3.63) is 52.4 Å². The maximum atomic E-state index is 12.1. The highest BCUT2D eigenvalue weighted by atomic mass is 35.5. The lowest BCUT2D eigenvalue weighted by atomic mass is 10.1. The van der Waals surface area contributed by atoms with E-state index in [0.717, 1.165) is 5.56 Å². The summed E-state index contributed by atoms with van der Waals surface area (Å²) in [7, 11) is 1.54. The number of carbonyl (C=O) groups excluding carboxylic acids is 1. The number of aryl methyl sites for hydroxylation is 1. The summed E-state index contributed by atoms with van der Waals surface area (Å²) in [5.41, 5.74) is 1.33. The number of hydrogen-bond donors (Lipinski definition) is 1. The molecule has 0 aliphatic heterocycles. The minimum absolute atomic E-state index is 0.196. The summed E-state index contributed by atoms with van der Waals surface area (Å²) < 4.78 is 10.3. The number of carbonyl (C=O) groups is 1. The van der Waals surface area contributed by atoms with Crippen LogP contribution in [-0.4, -0.2) is 13.0 Å². The lowest BCUT2D eigenvalue weighted by Gasteiger charge is -2.10. The number of furan rings is 1. The first-order chi connectivity index (χ1) is 9.11. The van der Waals surface area contributed by atoms with Crippen molar-refractivity contribution in [3.63, 3.8) is 0 Å². The monoisotopic (exact) mass is 279 g/mol. The number of methoxy groups -OCH3 is 1. The van der Waals surface area contributed by atoms with Gasteiger partial charge in [-0.05, 0) is 36.8 Å². The van der Waals surface area contributed by atoms with Gasteiger partial charge in [0.25, 0.3) is 5.91 Å². The van der Waals surface area contributed by atoms with Crippen molar-refractivity contribution in [2.75, 3.05) is 7.11 Å². The van der Waals surface area contributed by atoms with Crippen molar-refractivity contribution in [3.8, 4) is 5.75 Å². The zero-order valence-corrected chi connectivity index (χ0v) is 11.5. The molecule has 4 nitrogen and oxygen atoms in total. The molecule has 2 aromatic rings. The predicted octanol–water partition coefficient (Wildman–Crippen LogP) is 3.18. The van der Waals surface area contributed by atoms with E-state index in [1.807, 2.05) is 6.92 Å². The van der Waals surface area contributed by atoms with Crippen LogP contribution in [0.3, 0.4) is 0 Å². The van der Waals surface area contributed by atoms with Crippen LogP contribution >= 0.6 is 11.6 Å². The molecule has 0 unspecified atom stereocenters. The molecule has 0 spiro atoms. The van der Waals surface area contributed by atoms with Crippen molar-refractivity contribution in [2.24, 2.45) is 0 Å². The Morgan fingerprint density at radius 3 is 2.89 bits per heavy atom. The molecule has 0 saturated carbocycles. The van der Waals surface area contributed by atoms with Gasteiger partial charge in [-0.15, -0.1) is 0 Å². The molecule has 1 amide bonds. The van der Waals surface area contributed by atoms with Crippen LogP contribution in [0.5, 0.6) is 5.75 Å². The van der Waals surface area contributed by atoms with Crippen molar-refractivity contribution < 1.29 is 13.9 Å². The Labute approximate surface area is 116 Å². The topological polar surface area (TPSA) is 51.5 Å². The maximum absolute atomic E-state index is 12.1. The Balaban J connectivity index is 2.12. The Bertz CT molecular complexity index is 579. The number of ether oxygens (including phenoxy) is 1. The van der Waals surface area contributed by atoms with Crippen LogP contribution in [0.4, 0.5) is 0 Å². The molecule has 0 atom stereocenters. The molecule has 1 N–H and O–H groups in total. The largest absolute Gasteiger partial charge is 0.495 e. The molecule has 1 aromatic heterocycles. The van der Waals surface area contributed by atoms with Gasteiger partial charge in [0, 0.05) is 5.56 Å². The Morgan fingerprint density at radius 2 is 2.26 bits per heavy atom. The molecule has 19 heavy (non-hydrogen) atoms. The van der Waals surface area contributed by atoms with Crippen LogP contribution in [-0.2, 0) is 6.54 Å². The highest BCUT2D eigenvalue weighted by Gasteiger charge is 2.13. The van der Waals surface area contributed by atoms with Crippen LogP contribution in [0.1, 0.15) is 21.7 Å². The second-order valence-corrected chi connectivity index (χ2v) is 4.47. The first kappa shape index (κ1) is 13.5. The van der Waals surface area contributed by atoms with Gasteiger partial charge < -0.3 is 14.5 Å². The fourth-order valence-corrected chi connectivity index (χ4v) is 1.97. The van der Waals surface area contributed by atoms with E-state index in [1.54, 1.807) is 30.5 Å². The smallest absolute Gasteiger partial charge is 0.251 e. The summed E-state index contributed by atoms with van der Waals surface area (Å²) in [5.74, 6) is 1.06. The fourth-order valence-electron chi connectivity index (χ4n) is 1.73. The lowest BCUT2D eigenvalue weighted by Crippen LogP contribution is -2.23. The Kier molecular flexibility index (Phi) is 4.12. The van der Waals surface area contributed by atoms with Gasteiger partial charge in [0.1, 0.15) is 11.5 Å². The van der Waals surface area contributed by atoms with Crippen molar-refractivity contribution in [1.82, 2.24) is 5.32 Å². The number of amides is 1. The SMILES string of the molecule is COc1cc(C)c(C(=O)NCc2ccco2)cc1Cl. The van der Waals surface area contributed by atoms with Gasteiger partial charge in [-0.2, -0.15) is 0 Å². The quantitative estimate of drug-likeness (QED) is 0.935. The first-order valence-corrected chi connectivity index (χ1v) is 6.14. The van der Waals surface area contributed by atoms with Gasteiger partial charge in [0.05, 0.1) is 24.9 Å². The maximum Gasteiger partial charge on any atom is 0.251 e. The van der Waals surface area contributed by atoms with E-state index >= 15 is 0 Å². The number of nitrogens with one attached hydrogen (secondary N) is 1. The van der Waals surface area contributed by atoms with Gasteiger partial charge in [0.2, 0.25) is 0 Å². The molecule has 1 heterocycles. The molecule has 0 aliphatic carbocycles. The molecular formula is C14H14ClNO3. The highest BCUT2D eigenvalue weighted by Crippen LogP contribution is 2.27. The summed E-state index contributed by atoms with van der Waals surface area (Å²) in [5, 5.41) is 3.19. The van der Waals surface area contributed by atoms with E-state index in [-0.39, 0.29) is 5.91 Å². The third-order valence-corrected chi connectivity index (χ3v) is 3.04. The third kappa shape index (κ3) is 3.09. The molecular weight excluding hydrogens is 266 g/mol. The summed E-state index contributed by atoms with van der Waals surface area (Å²) in [6, 6.07) is 6.92. The van der Waals surface area contributed by atoms with E-state index in [0.29, 0.717) is 28.6 Å². The van der Waals surface area contributed by atoms with Gasteiger partial charge in [-0.3, -0.25) is 4.79 Å². The van der Waals surface area contributed by atoms with Crippen LogP contribution < -0.4 is 10.1 Å². The van der Waals surface area contributed by atoms with E-state index < -0.39 is 0 Å². The Hall–Kier alpha value is -1.94. The van der Waals surface area contributed by atoms with Gasteiger partial charge >= 0.3 is 0 Å². The highest BCUT2D eigenvalue weighted by molar-refractivity contribution is 6.32. The second-order valence-electron chi connectivity index (χ2n) is 4.06. The minimum Gasteiger partial charge on any atom is -0.495 e. The zero-order valence-electron chi connectivity index (χ0n) is 10.7. The third-order valence-electron chi connectivity index (χ3n) is 2.75. The zero-order chi connectivity index (χ0) is 13.8. The molecule has 0 radical (unpaired) electrons.